The van der Waals surface area contributed by atoms with Crippen LogP contribution in [-0.2, 0) is 33.5 Å². The van der Waals surface area contributed by atoms with Gasteiger partial charge >= 0.3 is 24.2 Å². The monoisotopic (exact) mass is 709 g/mol. The molecule has 4 N–H and O–H groups in total. The molecule has 258 valence electrons. The summed E-state index contributed by atoms with van der Waals surface area (Å²) in [7, 11) is 1.96. The standard InChI is InChI=1S/C23H29N7O8S2.C2HF3O2/c1-3-8-38-27-15(14-11-40-22(25-14)24-12-31)18(32)26-16-19(33)30-17(21(34)35)13(10-39-20(16)30)9-37-23(36)29-6-4-28(2)5-7-29;3-2(4,5)1(6)7/h11-12,16,20H,3-10H2,1-2H3,(H,26,32)(H,34,35)(H,24,25,31);(H,6,7)/t16?,20-;/m1./s1. The molecule has 4 amide bonds. The van der Waals surface area contributed by atoms with Crippen molar-refractivity contribution in [2.45, 2.75) is 30.9 Å². The zero-order valence-corrected chi connectivity index (χ0v) is 26.4. The third-order valence-electron chi connectivity index (χ3n) is 6.51. The lowest BCUT2D eigenvalue weighted by atomic mass is 10.0. The van der Waals surface area contributed by atoms with E-state index in [0.717, 1.165) is 16.2 Å². The van der Waals surface area contributed by atoms with Crippen LogP contribution in [0, 0.1) is 0 Å². The number of amides is 4. The van der Waals surface area contributed by atoms with Gasteiger partial charge in [0.05, 0.1) is 0 Å². The second-order valence-corrected chi connectivity index (χ2v) is 11.8. The van der Waals surface area contributed by atoms with Crippen LogP contribution >= 0.6 is 23.1 Å². The molecule has 2 fully saturated rings. The van der Waals surface area contributed by atoms with Gasteiger partial charge < -0.3 is 40.2 Å². The normalized spacial score (nSPS) is 19.9. The number of halogens is 3. The van der Waals surface area contributed by atoms with Crippen LogP contribution in [0.4, 0.5) is 23.1 Å². The number of thioether (sulfide) groups is 1. The first kappa shape index (κ1) is 37.0. The topological polar surface area (TPSA) is 220 Å². The molecule has 3 aliphatic heterocycles. The van der Waals surface area contributed by atoms with Crippen molar-refractivity contribution in [3.63, 3.8) is 0 Å². The van der Waals surface area contributed by atoms with E-state index in [1.165, 1.54) is 17.1 Å². The number of aromatic nitrogens is 1. The molecule has 2 atom stereocenters. The number of carbonyl (C=O) groups excluding carboxylic acids is 4. The second-order valence-electron chi connectivity index (χ2n) is 9.84. The molecule has 0 aromatic carbocycles. The highest BCUT2D eigenvalue weighted by atomic mass is 32.2. The summed E-state index contributed by atoms with van der Waals surface area (Å²) in [4.78, 5) is 84.5. The highest BCUT2D eigenvalue weighted by Gasteiger charge is 2.54. The van der Waals surface area contributed by atoms with E-state index in [4.69, 9.17) is 19.5 Å². The molecule has 0 bridgehead atoms. The number of alkyl halides is 3. The number of piperazine rings is 1. The lowest BCUT2D eigenvalue weighted by Crippen LogP contribution is -2.71. The Morgan fingerprint density at radius 2 is 1.85 bits per heavy atom. The number of carboxylic acids is 2. The van der Waals surface area contributed by atoms with Gasteiger partial charge in [0.1, 0.15) is 36.0 Å². The lowest BCUT2D eigenvalue weighted by Gasteiger charge is -2.49. The van der Waals surface area contributed by atoms with Crippen molar-refractivity contribution in [2.24, 2.45) is 5.16 Å². The van der Waals surface area contributed by atoms with Gasteiger partial charge in [-0.3, -0.25) is 19.3 Å². The van der Waals surface area contributed by atoms with Gasteiger partial charge in [0.2, 0.25) is 6.41 Å². The molecule has 1 unspecified atom stereocenters. The van der Waals surface area contributed by atoms with E-state index in [2.05, 4.69) is 25.7 Å². The summed E-state index contributed by atoms with van der Waals surface area (Å²) in [6.07, 6.45) is -4.54. The Morgan fingerprint density at radius 1 is 1.19 bits per heavy atom. The Kier molecular flexibility index (Phi) is 12.9. The predicted molar refractivity (Wildman–Crippen MR) is 158 cm³/mol. The van der Waals surface area contributed by atoms with Crippen molar-refractivity contribution in [1.82, 2.24) is 25.0 Å². The van der Waals surface area contributed by atoms with Gasteiger partial charge in [-0.25, -0.2) is 19.4 Å². The molecule has 2 saturated heterocycles. The van der Waals surface area contributed by atoms with E-state index < -0.39 is 47.4 Å². The highest BCUT2D eigenvalue weighted by molar-refractivity contribution is 8.00. The van der Waals surface area contributed by atoms with Crippen LogP contribution < -0.4 is 10.6 Å². The number of anilines is 1. The van der Waals surface area contributed by atoms with Crippen molar-refractivity contribution >= 4 is 70.2 Å². The smallest absolute Gasteiger partial charge is 0.477 e. The number of carbonyl (C=O) groups is 6. The Bertz CT molecular complexity index is 1430. The molecule has 1 aromatic heterocycles. The number of β-lactam (4-membered cyclic amide) rings is 1. The van der Waals surface area contributed by atoms with Crippen LogP contribution in [0.5, 0.6) is 0 Å². The Morgan fingerprint density at radius 3 is 2.43 bits per heavy atom. The molecule has 0 aliphatic carbocycles. The molecule has 0 radical (unpaired) electrons. The number of nitrogens with zero attached hydrogens (tertiary/aromatic N) is 5. The summed E-state index contributed by atoms with van der Waals surface area (Å²) in [5, 5.41) is 27.0. The minimum Gasteiger partial charge on any atom is -0.477 e. The van der Waals surface area contributed by atoms with Crippen LogP contribution in [0.15, 0.2) is 21.8 Å². The van der Waals surface area contributed by atoms with Crippen LogP contribution in [0.25, 0.3) is 0 Å². The number of likely N-dealkylation sites (N-methyl/N-ethyl adjacent to an activating group) is 1. The van der Waals surface area contributed by atoms with Gasteiger partial charge in [-0.05, 0) is 13.5 Å². The maximum absolute atomic E-state index is 13.1. The summed E-state index contributed by atoms with van der Waals surface area (Å²) in [6, 6.07) is -1.02. The first-order chi connectivity index (χ1) is 22.2. The number of hydrogen-bond acceptors (Lipinski definition) is 13. The van der Waals surface area contributed by atoms with Crippen molar-refractivity contribution in [3.8, 4) is 0 Å². The SMILES string of the molecule is CCCON=C(C(=O)NC1C(=O)N2C(C(=O)O)=C(COC(=O)N3CCN(C)CC3)CS[C@H]12)c1csc(NC=O)n1.O=C(O)C(F)(F)F. The molecule has 1 aromatic rings. The number of fused-ring (bicyclic) bond motifs is 1. The van der Waals surface area contributed by atoms with Gasteiger partial charge in [-0.1, -0.05) is 12.1 Å². The Hall–Kier alpha value is -4.44. The zero-order chi connectivity index (χ0) is 34.9. The fourth-order valence-electron chi connectivity index (χ4n) is 4.14. The summed E-state index contributed by atoms with van der Waals surface area (Å²) in [5.74, 6) is -5.27. The fourth-order valence-corrected chi connectivity index (χ4v) is 6.12. The number of hydrogen-bond donors (Lipinski definition) is 4. The van der Waals surface area contributed by atoms with Gasteiger partial charge in [0.15, 0.2) is 10.8 Å². The third-order valence-corrected chi connectivity index (χ3v) is 8.62. The van der Waals surface area contributed by atoms with E-state index in [1.54, 1.807) is 4.90 Å². The highest BCUT2D eigenvalue weighted by Crippen LogP contribution is 2.40. The first-order valence-electron chi connectivity index (χ1n) is 13.7. The van der Waals surface area contributed by atoms with E-state index in [1.807, 2.05) is 14.0 Å². The Balaban J connectivity index is 0.000000771. The number of rotatable bonds is 11. The van der Waals surface area contributed by atoms with E-state index >= 15 is 0 Å². The molecular formula is C25H30F3N7O10S2. The molecule has 47 heavy (non-hydrogen) atoms. The van der Waals surface area contributed by atoms with Crippen LogP contribution in [0.1, 0.15) is 19.0 Å². The summed E-state index contributed by atoms with van der Waals surface area (Å²) in [5.41, 5.74) is -0.0170. The third kappa shape index (κ3) is 9.54. The first-order valence-corrected chi connectivity index (χ1v) is 15.6. The van der Waals surface area contributed by atoms with Crippen LogP contribution in [0.2, 0.25) is 0 Å². The maximum Gasteiger partial charge on any atom is 0.490 e. The Labute approximate surface area is 272 Å². The molecule has 22 heteroatoms. The van der Waals surface area contributed by atoms with Crippen LogP contribution in [0.3, 0.4) is 0 Å². The average molecular weight is 710 g/mol. The fraction of sp³-hybridized carbons (Fsp3) is 0.520. The van der Waals surface area contributed by atoms with Gasteiger partial charge in [0, 0.05) is 42.9 Å². The lowest BCUT2D eigenvalue weighted by molar-refractivity contribution is -0.192. The molecule has 0 saturated carbocycles. The maximum atomic E-state index is 13.1. The molecular weight excluding hydrogens is 679 g/mol. The molecule has 0 spiro atoms. The molecule has 4 heterocycles. The van der Waals surface area contributed by atoms with Crippen molar-refractivity contribution in [2.75, 3.05) is 57.5 Å². The number of ether oxygens (including phenoxy) is 1. The number of carboxylic acid groups (broad SMARTS) is 2. The summed E-state index contributed by atoms with van der Waals surface area (Å²) >= 11 is 2.32. The molecule has 4 rings (SSSR count). The minimum absolute atomic E-state index is 0.137. The quantitative estimate of drug-likeness (QED) is 0.0814. The number of thiazole rings is 1. The number of oxime groups is 1. The van der Waals surface area contributed by atoms with Crippen molar-refractivity contribution < 1.29 is 61.7 Å². The van der Waals surface area contributed by atoms with Gasteiger partial charge in [-0.15, -0.1) is 23.1 Å². The van der Waals surface area contributed by atoms with Gasteiger partial charge in [-0.2, -0.15) is 13.2 Å². The van der Waals surface area contributed by atoms with Crippen molar-refractivity contribution in [1.29, 1.82) is 0 Å². The van der Waals surface area contributed by atoms with Crippen LogP contribution in [-0.4, -0.2) is 142 Å². The van der Waals surface area contributed by atoms with Crippen molar-refractivity contribution in [3.05, 3.63) is 22.3 Å². The predicted octanol–water partition coefficient (Wildman–Crippen LogP) is 0.598. The number of aliphatic carboxylic acids is 2. The molecule has 17 nitrogen and oxygen atoms in total. The second kappa shape index (κ2) is 16.4. The largest absolute Gasteiger partial charge is 0.490 e. The zero-order valence-electron chi connectivity index (χ0n) is 24.8. The summed E-state index contributed by atoms with van der Waals surface area (Å²) in [6.45, 7) is 4.27. The van der Waals surface area contributed by atoms with Gasteiger partial charge in [0.25, 0.3) is 11.8 Å². The summed E-state index contributed by atoms with van der Waals surface area (Å²) < 4.78 is 37.1. The van der Waals surface area contributed by atoms with E-state index in [9.17, 15) is 42.3 Å². The van der Waals surface area contributed by atoms with E-state index in [0.29, 0.717) is 44.6 Å². The van der Waals surface area contributed by atoms with E-state index in [-0.39, 0.29) is 41.2 Å². The molecule has 3 aliphatic rings. The number of nitrogens with one attached hydrogen (secondary N) is 2. The average Bonchev–Trinajstić information content (AvgIpc) is 3.48. The minimum atomic E-state index is -5.08.